The highest BCUT2D eigenvalue weighted by atomic mass is 35.5. The first kappa shape index (κ1) is 25.8. The molecule has 36 heavy (non-hydrogen) atoms. The summed E-state index contributed by atoms with van der Waals surface area (Å²) in [6, 6.07) is 20.6. The van der Waals surface area contributed by atoms with Crippen LogP contribution >= 0.6 is 23.7 Å². The molecule has 5 rings (SSSR count). The minimum Gasteiger partial charge on any atom is -0.457 e. The Kier molecular flexibility index (Phi) is 8.30. The van der Waals surface area contributed by atoms with Crippen molar-refractivity contribution in [2.45, 2.75) is 13.8 Å². The molecule has 0 spiro atoms. The molecule has 0 aliphatic carbocycles. The van der Waals surface area contributed by atoms with Crippen molar-refractivity contribution in [1.82, 2.24) is 9.88 Å². The zero-order chi connectivity index (χ0) is 24.2. The van der Waals surface area contributed by atoms with E-state index in [1.54, 1.807) is 11.0 Å². The summed E-state index contributed by atoms with van der Waals surface area (Å²) in [6.45, 7) is 7.52. The van der Waals surface area contributed by atoms with Crippen molar-refractivity contribution in [1.29, 1.82) is 0 Å². The summed E-state index contributed by atoms with van der Waals surface area (Å²) in [6.07, 6.45) is 0. The number of nitrogens with zero attached hydrogens (tertiary/aromatic N) is 3. The fourth-order valence-corrected chi connectivity index (χ4v) is 4.98. The highest BCUT2D eigenvalue weighted by Gasteiger charge is 2.26. The van der Waals surface area contributed by atoms with Crippen molar-refractivity contribution in [3.05, 3.63) is 72.3 Å². The SMILES string of the molecule is CCN(CC)CCN(C(=O)c1ccccc1Oc1ccccc1)c1nc2cc3c(cc2s1)OCO3.Cl. The first-order chi connectivity index (χ1) is 17.2. The number of rotatable bonds is 9. The average Bonchev–Trinajstić information content (AvgIpc) is 3.51. The third-order valence-corrected chi connectivity index (χ3v) is 7.01. The second-order valence-corrected chi connectivity index (χ2v) is 9.07. The molecule has 4 aromatic rings. The van der Waals surface area contributed by atoms with Crippen LogP contribution in [0.2, 0.25) is 0 Å². The number of anilines is 1. The molecule has 0 N–H and O–H groups in total. The van der Waals surface area contributed by atoms with Crippen molar-refractivity contribution in [3.63, 3.8) is 0 Å². The number of halogens is 1. The maximum absolute atomic E-state index is 14.0. The Morgan fingerprint density at radius 2 is 1.67 bits per heavy atom. The van der Waals surface area contributed by atoms with E-state index in [1.807, 2.05) is 60.7 Å². The summed E-state index contributed by atoms with van der Waals surface area (Å²) in [5.41, 5.74) is 1.27. The number of ether oxygens (including phenoxy) is 3. The number of fused-ring (bicyclic) bond motifs is 2. The van der Waals surface area contributed by atoms with Gasteiger partial charge in [0, 0.05) is 25.2 Å². The fraction of sp³-hybridized carbons (Fsp3) is 0.259. The molecule has 0 fully saturated rings. The van der Waals surface area contributed by atoms with Crippen LogP contribution in [0.25, 0.3) is 10.2 Å². The molecule has 0 unspecified atom stereocenters. The van der Waals surface area contributed by atoms with Crippen LogP contribution in [-0.2, 0) is 0 Å². The molecule has 1 aromatic heterocycles. The summed E-state index contributed by atoms with van der Waals surface area (Å²) in [4.78, 5) is 22.8. The van der Waals surface area contributed by atoms with E-state index >= 15 is 0 Å². The zero-order valence-corrected chi connectivity index (χ0v) is 21.8. The van der Waals surface area contributed by atoms with E-state index in [0.717, 1.165) is 29.9 Å². The monoisotopic (exact) mass is 525 g/mol. The summed E-state index contributed by atoms with van der Waals surface area (Å²) in [7, 11) is 0. The molecule has 2 heterocycles. The second kappa shape index (κ2) is 11.6. The van der Waals surface area contributed by atoms with E-state index in [9.17, 15) is 4.79 Å². The van der Waals surface area contributed by atoms with Crippen molar-refractivity contribution in [2.24, 2.45) is 0 Å². The van der Waals surface area contributed by atoms with Crippen molar-refractivity contribution >= 4 is 45.0 Å². The van der Waals surface area contributed by atoms with Gasteiger partial charge in [-0.15, -0.1) is 12.4 Å². The number of thiazole rings is 1. The van der Waals surface area contributed by atoms with Gasteiger partial charge in [0.25, 0.3) is 5.91 Å². The van der Waals surface area contributed by atoms with Crippen LogP contribution < -0.4 is 19.1 Å². The molecule has 1 amide bonds. The first-order valence-corrected chi connectivity index (χ1v) is 12.5. The van der Waals surface area contributed by atoms with Gasteiger partial charge in [-0.25, -0.2) is 4.98 Å². The van der Waals surface area contributed by atoms with Crippen LogP contribution in [0.4, 0.5) is 5.13 Å². The molecule has 0 bridgehead atoms. The van der Waals surface area contributed by atoms with Crippen LogP contribution in [-0.4, -0.2) is 48.8 Å². The Labute approximate surface area is 220 Å². The highest BCUT2D eigenvalue weighted by molar-refractivity contribution is 7.22. The lowest BCUT2D eigenvalue weighted by molar-refractivity contribution is 0.0981. The Morgan fingerprint density at radius 3 is 2.42 bits per heavy atom. The summed E-state index contributed by atoms with van der Waals surface area (Å²) in [5.74, 6) is 2.42. The molecular formula is C27H28ClN3O4S. The molecule has 1 aliphatic heterocycles. The van der Waals surface area contributed by atoms with Crippen LogP contribution in [0, 0.1) is 0 Å². The lowest BCUT2D eigenvalue weighted by Gasteiger charge is -2.25. The lowest BCUT2D eigenvalue weighted by atomic mass is 10.1. The van der Waals surface area contributed by atoms with Gasteiger partial charge in [0.05, 0.1) is 15.8 Å². The highest BCUT2D eigenvalue weighted by Crippen LogP contribution is 2.40. The van der Waals surface area contributed by atoms with Crippen molar-refractivity contribution in [3.8, 4) is 23.0 Å². The van der Waals surface area contributed by atoms with Gasteiger partial charge in [0.1, 0.15) is 11.5 Å². The van der Waals surface area contributed by atoms with Gasteiger partial charge in [-0.05, 0) is 37.4 Å². The number of aromatic nitrogens is 1. The third kappa shape index (κ3) is 5.41. The van der Waals surface area contributed by atoms with Crippen LogP contribution in [0.15, 0.2) is 66.7 Å². The molecule has 9 heteroatoms. The van der Waals surface area contributed by atoms with Gasteiger partial charge >= 0.3 is 0 Å². The van der Waals surface area contributed by atoms with E-state index in [-0.39, 0.29) is 25.1 Å². The quantitative estimate of drug-likeness (QED) is 0.258. The molecule has 1 aliphatic rings. The molecule has 7 nitrogen and oxygen atoms in total. The predicted octanol–water partition coefficient (Wildman–Crippen LogP) is 6.23. The minimum absolute atomic E-state index is 0. The topological polar surface area (TPSA) is 64.1 Å². The van der Waals surface area contributed by atoms with E-state index < -0.39 is 0 Å². The molecule has 0 radical (unpaired) electrons. The standard InChI is InChI=1S/C27H27N3O4S.ClH/c1-3-29(4-2)14-15-30(27-28-21-16-23-24(33-18-32-23)17-25(21)35-27)26(31)20-12-8-9-13-22(20)34-19-10-6-5-7-11-19;/h5-13,16-17H,3-4,14-15,18H2,1-2H3;1H. The normalized spacial score (nSPS) is 12.0. The van der Waals surface area contributed by atoms with Gasteiger partial charge in [0.15, 0.2) is 16.6 Å². The van der Waals surface area contributed by atoms with Gasteiger partial charge in [-0.3, -0.25) is 9.69 Å². The Bertz CT molecular complexity index is 1290. The van der Waals surface area contributed by atoms with Gasteiger partial charge in [-0.2, -0.15) is 0 Å². The van der Waals surface area contributed by atoms with Gasteiger partial charge in [-0.1, -0.05) is 55.5 Å². The Hall–Kier alpha value is -3.33. The number of likely N-dealkylation sites (N-methyl/N-ethyl adjacent to an activating group) is 1. The Balaban J connectivity index is 0.00000304. The largest absolute Gasteiger partial charge is 0.457 e. The molecule has 0 atom stereocenters. The second-order valence-electron chi connectivity index (χ2n) is 8.06. The number of amides is 1. The molecular weight excluding hydrogens is 498 g/mol. The zero-order valence-electron chi connectivity index (χ0n) is 20.2. The number of benzene rings is 3. The fourth-order valence-electron chi connectivity index (χ4n) is 3.98. The predicted molar refractivity (Wildman–Crippen MR) is 145 cm³/mol. The number of carbonyl (C=O) groups excluding carboxylic acids is 1. The third-order valence-electron chi connectivity index (χ3n) is 5.97. The van der Waals surface area contributed by atoms with E-state index in [2.05, 4.69) is 18.7 Å². The summed E-state index contributed by atoms with van der Waals surface area (Å²) >= 11 is 1.47. The van der Waals surface area contributed by atoms with Crippen LogP contribution in [0.3, 0.4) is 0 Å². The minimum atomic E-state index is -0.150. The van der Waals surface area contributed by atoms with E-state index in [0.29, 0.717) is 40.2 Å². The summed E-state index contributed by atoms with van der Waals surface area (Å²) in [5, 5.41) is 0.635. The Morgan fingerprint density at radius 1 is 0.972 bits per heavy atom. The number of hydrogen-bond donors (Lipinski definition) is 0. The van der Waals surface area contributed by atoms with Gasteiger partial charge in [0.2, 0.25) is 6.79 Å². The van der Waals surface area contributed by atoms with Gasteiger partial charge < -0.3 is 19.1 Å². The van der Waals surface area contributed by atoms with E-state index in [4.69, 9.17) is 19.2 Å². The average molecular weight is 526 g/mol. The van der Waals surface area contributed by atoms with Crippen LogP contribution in [0.1, 0.15) is 24.2 Å². The smallest absolute Gasteiger partial charge is 0.263 e. The molecule has 3 aromatic carbocycles. The molecule has 188 valence electrons. The number of para-hydroxylation sites is 2. The first-order valence-electron chi connectivity index (χ1n) is 11.7. The van der Waals surface area contributed by atoms with Crippen molar-refractivity contribution < 1.29 is 19.0 Å². The molecule has 0 saturated carbocycles. The molecule has 0 saturated heterocycles. The lowest BCUT2D eigenvalue weighted by Crippen LogP contribution is -2.39. The number of carbonyl (C=O) groups is 1. The van der Waals surface area contributed by atoms with Crippen molar-refractivity contribution in [2.75, 3.05) is 37.9 Å². The van der Waals surface area contributed by atoms with E-state index in [1.165, 1.54) is 11.3 Å². The van der Waals surface area contributed by atoms with Crippen LogP contribution in [0.5, 0.6) is 23.0 Å². The number of hydrogen-bond acceptors (Lipinski definition) is 7. The maximum atomic E-state index is 14.0. The maximum Gasteiger partial charge on any atom is 0.263 e. The summed E-state index contributed by atoms with van der Waals surface area (Å²) < 4.78 is 18.1.